The van der Waals surface area contributed by atoms with E-state index in [1.807, 2.05) is 12.3 Å². The molecule has 16 heteroatoms. The molecule has 6 N–H and O–H groups in total. The highest BCUT2D eigenvalue weighted by atomic mass is 32.2. The van der Waals surface area contributed by atoms with E-state index in [0.29, 0.717) is 22.0 Å². The number of oxime groups is 1. The van der Waals surface area contributed by atoms with Gasteiger partial charge in [-0.1, -0.05) is 16.5 Å². The van der Waals surface area contributed by atoms with Crippen LogP contribution < -0.4 is 21.4 Å². The molecule has 0 aliphatic carbocycles. The van der Waals surface area contributed by atoms with Gasteiger partial charge in [0.05, 0.1) is 4.70 Å². The lowest BCUT2D eigenvalue weighted by Crippen LogP contribution is -2.71. The first kappa shape index (κ1) is 24.9. The van der Waals surface area contributed by atoms with Crippen LogP contribution in [0.25, 0.3) is 10.2 Å². The van der Waals surface area contributed by atoms with Gasteiger partial charge in [-0.25, -0.2) is 14.8 Å². The zero-order valence-corrected chi connectivity index (χ0v) is 21.7. The van der Waals surface area contributed by atoms with E-state index in [-0.39, 0.29) is 35.4 Å². The van der Waals surface area contributed by atoms with E-state index in [0.717, 1.165) is 16.0 Å². The number of carboxylic acids is 1. The second-order valence-electron chi connectivity index (χ2n) is 7.97. The van der Waals surface area contributed by atoms with Crippen molar-refractivity contribution in [3.63, 3.8) is 0 Å². The van der Waals surface area contributed by atoms with E-state index in [9.17, 15) is 19.5 Å². The van der Waals surface area contributed by atoms with Crippen molar-refractivity contribution >= 4 is 78.4 Å². The van der Waals surface area contributed by atoms with E-state index < -0.39 is 29.2 Å². The quantitative estimate of drug-likeness (QED) is 0.129. The molecule has 0 saturated carbocycles. The molecule has 1 unspecified atom stereocenters. The number of nitrogens with one attached hydrogen (secondary N) is 1. The fourth-order valence-corrected chi connectivity index (χ4v) is 6.58. The van der Waals surface area contributed by atoms with Crippen LogP contribution in [0.1, 0.15) is 12.6 Å². The molecular weight excluding hydrogens is 540 g/mol. The van der Waals surface area contributed by atoms with Crippen molar-refractivity contribution in [1.29, 1.82) is 0 Å². The van der Waals surface area contributed by atoms with Crippen LogP contribution in [0.5, 0.6) is 0 Å². The minimum absolute atomic E-state index is 0.0832. The maximum absolute atomic E-state index is 13.1. The third-order valence-electron chi connectivity index (χ3n) is 5.58. The van der Waals surface area contributed by atoms with E-state index in [1.54, 1.807) is 23.1 Å². The number of nitrogens with two attached hydrogens (primary N) is 2. The van der Waals surface area contributed by atoms with Crippen molar-refractivity contribution < 1.29 is 28.9 Å². The molecule has 37 heavy (non-hydrogen) atoms. The molecule has 2 aliphatic rings. The molecule has 1 fully saturated rings. The van der Waals surface area contributed by atoms with Crippen LogP contribution in [0.4, 0.5) is 10.3 Å². The second kappa shape index (κ2) is 9.95. The van der Waals surface area contributed by atoms with Crippen molar-refractivity contribution in [2.24, 2.45) is 5.16 Å². The number of hydrogen-bond donors (Lipinski definition) is 4. The van der Waals surface area contributed by atoms with E-state index in [4.69, 9.17) is 16.3 Å². The van der Waals surface area contributed by atoms with Gasteiger partial charge in [-0.3, -0.25) is 14.5 Å². The van der Waals surface area contributed by atoms with Crippen LogP contribution in [0.15, 0.2) is 40.3 Å². The zero-order valence-electron chi connectivity index (χ0n) is 19.3. The first-order valence-electron chi connectivity index (χ1n) is 10.9. The number of thiazole rings is 2. The largest absolute Gasteiger partial charge is 0.477 e. The number of anilines is 2. The van der Waals surface area contributed by atoms with Gasteiger partial charge < -0.3 is 26.7 Å². The minimum Gasteiger partial charge on any atom is -0.477 e. The first-order chi connectivity index (χ1) is 17.8. The number of carbonyl (C=O) groups is 3. The number of aromatic nitrogens is 3. The number of rotatable bonds is 8. The first-order valence-corrected chi connectivity index (χ1v) is 13.7. The summed E-state index contributed by atoms with van der Waals surface area (Å²) in [5.74, 6) is -2.05. The summed E-state index contributed by atoms with van der Waals surface area (Å²) in [5, 5.41) is 18.1. The summed E-state index contributed by atoms with van der Waals surface area (Å²) in [5.41, 5.74) is 12.7. The van der Waals surface area contributed by atoms with Gasteiger partial charge in [0, 0.05) is 22.8 Å². The summed E-state index contributed by atoms with van der Waals surface area (Å²) in [6.45, 7) is 2.19. The highest BCUT2D eigenvalue weighted by molar-refractivity contribution is 8.00. The summed E-state index contributed by atoms with van der Waals surface area (Å²) in [7, 11) is 0. The van der Waals surface area contributed by atoms with E-state index >= 15 is 0 Å². The van der Waals surface area contributed by atoms with Gasteiger partial charge in [0.1, 0.15) is 34.9 Å². The third-order valence-corrected chi connectivity index (χ3v) is 8.46. The molecule has 2 amide bonds. The summed E-state index contributed by atoms with van der Waals surface area (Å²) >= 11 is 3.87. The maximum atomic E-state index is 13.1. The normalized spacial score (nSPS) is 19.5. The van der Waals surface area contributed by atoms with Gasteiger partial charge >= 0.3 is 5.97 Å². The lowest BCUT2D eigenvalue weighted by Gasteiger charge is -2.49. The van der Waals surface area contributed by atoms with Gasteiger partial charge in [0.2, 0.25) is 0 Å². The van der Waals surface area contributed by atoms with Crippen molar-refractivity contribution in [3.05, 3.63) is 40.8 Å². The fraction of sp³-hybridized carbons (Fsp3) is 0.286. The Kier molecular flexibility index (Phi) is 6.70. The van der Waals surface area contributed by atoms with E-state index in [2.05, 4.69) is 20.4 Å². The van der Waals surface area contributed by atoms with Crippen LogP contribution in [-0.4, -0.2) is 67.2 Å². The number of nitrogen functional groups attached to an aromatic ring is 2. The standard InChI is InChI=1S/C21H20N8O5S3/c1-2-34-27-13(11-8-36-20(22)25-11)16(30)26-14-17(31)29-15(19(32)33)9(7-35-18(14)29)5-28-4-3-12-10(6-28)24-21(23)37-12/h3-4,6,8,14,18H,2,5,7H2,1H3,(H5-,22,23,24,25,26,30,32,33)/p+1/b27-13-/t14?,18-/m0/s1. The molecule has 192 valence electrons. The third kappa shape index (κ3) is 4.70. The van der Waals surface area contributed by atoms with Crippen LogP contribution in [0, 0.1) is 0 Å². The SMILES string of the molecule is CCO/N=C(\C(=O)NC1C(=O)N2C(C(=O)O)=C(C[n+]3ccc4sc(N)nc4c3)CS[C@@H]12)c1csc(N)n1. The van der Waals surface area contributed by atoms with Crippen molar-refractivity contribution in [2.45, 2.75) is 24.9 Å². The summed E-state index contributed by atoms with van der Waals surface area (Å²) < 4.78 is 2.73. The molecule has 0 bridgehead atoms. The molecule has 3 aromatic rings. The average molecular weight is 562 g/mol. The molecular formula is C21H21N8O5S3+. The predicted octanol–water partition coefficient (Wildman–Crippen LogP) is 0.384. The van der Waals surface area contributed by atoms with Crippen molar-refractivity contribution in [1.82, 2.24) is 20.2 Å². The number of fused-ring (bicyclic) bond motifs is 2. The number of carboxylic acid groups (broad SMARTS) is 1. The summed E-state index contributed by atoms with van der Waals surface area (Å²) in [6.07, 6.45) is 3.60. The smallest absolute Gasteiger partial charge is 0.352 e. The number of β-lactam (4-membered cyclic amide) rings is 1. The van der Waals surface area contributed by atoms with Gasteiger partial charge in [-0.2, -0.15) is 4.57 Å². The Bertz CT molecular complexity index is 1480. The lowest BCUT2D eigenvalue weighted by atomic mass is 10.0. The number of aliphatic carboxylic acids is 1. The Morgan fingerprint density at radius 2 is 2.16 bits per heavy atom. The zero-order chi connectivity index (χ0) is 26.3. The molecule has 2 atom stereocenters. The van der Waals surface area contributed by atoms with E-state index in [1.165, 1.54) is 28.0 Å². The Morgan fingerprint density at radius 1 is 1.35 bits per heavy atom. The Hall–Kier alpha value is -3.76. The molecule has 5 rings (SSSR count). The molecule has 1 saturated heterocycles. The number of hydrogen-bond acceptors (Lipinski definition) is 12. The Balaban J connectivity index is 1.35. The molecule has 3 aromatic heterocycles. The average Bonchev–Trinajstić information content (AvgIpc) is 3.46. The van der Waals surface area contributed by atoms with Crippen LogP contribution in [0.2, 0.25) is 0 Å². The molecule has 2 aliphatic heterocycles. The number of thioether (sulfide) groups is 1. The topological polar surface area (TPSA) is 190 Å². The molecule has 0 radical (unpaired) electrons. The van der Waals surface area contributed by atoms with Gasteiger partial charge in [0.15, 0.2) is 34.9 Å². The van der Waals surface area contributed by atoms with Crippen LogP contribution in [-0.2, 0) is 25.8 Å². The lowest BCUT2D eigenvalue weighted by molar-refractivity contribution is -0.687. The molecule has 0 spiro atoms. The Labute approximate surface area is 221 Å². The number of pyridine rings is 1. The number of amides is 2. The van der Waals surface area contributed by atoms with Gasteiger partial charge in [-0.15, -0.1) is 23.1 Å². The van der Waals surface area contributed by atoms with Crippen molar-refractivity contribution in [2.75, 3.05) is 23.8 Å². The molecule has 0 aromatic carbocycles. The monoisotopic (exact) mass is 561 g/mol. The molecule has 5 heterocycles. The number of carbonyl (C=O) groups excluding carboxylic acids is 2. The Morgan fingerprint density at radius 3 is 2.86 bits per heavy atom. The van der Waals surface area contributed by atoms with Crippen LogP contribution >= 0.6 is 34.4 Å². The van der Waals surface area contributed by atoms with Crippen molar-refractivity contribution in [3.8, 4) is 0 Å². The summed E-state index contributed by atoms with van der Waals surface area (Å²) in [4.78, 5) is 52.9. The summed E-state index contributed by atoms with van der Waals surface area (Å²) in [6, 6.07) is 0.930. The highest BCUT2D eigenvalue weighted by Gasteiger charge is 2.54. The fourth-order valence-electron chi connectivity index (χ4n) is 4.00. The van der Waals surface area contributed by atoms with Crippen LogP contribution in [0.3, 0.4) is 0 Å². The van der Waals surface area contributed by atoms with Gasteiger partial charge in [-0.05, 0) is 6.92 Å². The molecule has 13 nitrogen and oxygen atoms in total. The van der Waals surface area contributed by atoms with Gasteiger partial charge in [0.25, 0.3) is 11.8 Å². The second-order valence-corrected chi connectivity index (χ2v) is 11.0. The minimum atomic E-state index is -1.21. The highest BCUT2D eigenvalue weighted by Crippen LogP contribution is 2.40. The number of nitrogens with zero attached hydrogens (tertiary/aromatic N) is 5. The predicted molar refractivity (Wildman–Crippen MR) is 139 cm³/mol. The maximum Gasteiger partial charge on any atom is 0.352 e.